The molecule has 0 aliphatic heterocycles. The normalized spacial score (nSPS) is 11.2. The number of carboxylic acids is 1. The molecule has 14 nitrogen and oxygen atoms in total. The van der Waals surface area contributed by atoms with Gasteiger partial charge >= 0.3 is 17.6 Å². The Balaban J connectivity index is 0.000000280. The molecular formula is C27H29N7O7. The molecule has 0 saturated carbocycles. The average Bonchev–Trinajstić information content (AvgIpc) is 3.50. The first-order chi connectivity index (χ1) is 19.0. The molecule has 0 aliphatic rings. The first-order valence-electron chi connectivity index (χ1n) is 11.9. The monoisotopic (exact) mass is 563 g/mol. The molecule has 5 N–H and O–H groups in total. The molecule has 0 bridgehead atoms. The van der Waals surface area contributed by atoms with Crippen LogP contribution in [0.25, 0.3) is 16.9 Å². The number of nitrogens with zero attached hydrogens (tertiary/aromatic N) is 4. The number of carbonyl (C=O) groups is 3. The van der Waals surface area contributed by atoms with Crippen molar-refractivity contribution in [3.8, 4) is 0 Å². The second-order valence-corrected chi connectivity index (χ2v) is 8.62. The molecule has 0 aliphatic carbocycles. The number of aromatic nitrogens is 5. The van der Waals surface area contributed by atoms with Crippen molar-refractivity contribution in [3.63, 3.8) is 0 Å². The van der Waals surface area contributed by atoms with Crippen LogP contribution in [0.3, 0.4) is 0 Å². The van der Waals surface area contributed by atoms with E-state index in [0.717, 1.165) is 21.7 Å². The third-order valence-electron chi connectivity index (χ3n) is 5.67. The Labute approximate surface area is 233 Å². The number of nitrogens with one attached hydrogen (secondary N) is 2. The van der Waals surface area contributed by atoms with Gasteiger partial charge in [0.1, 0.15) is 11.2 Å². The fourth-order valence-electron chi connectivity index (χ4n) is 3.67. The summed E-state index contributed by atoms with van der Waals surface area (Å²) in [6.45, 7) is 3.81. The van der Waals surface area contributed by atoms with Gasteiger partial charge in [-0.2, -0.15) is 4.98 Å². The van der Waals surface area contributed by atoms with Gasteiger partial charge in [-0.15, -0.1) is 0 Å². The van der Waals surface area contributed by atoms with Gasteiger partial charge in [0.2, 0.25) is 0 Å². The van der Waals surface area contributed by atoms with E-state index in [-0.39, 0.29) is 43.1 Å². The number of aromatic carboxylic acids is 1. The molecule has 1 atom stereocenters. The standard InChI is InChI=1S/C16H12N6O5.C10H13NO2.CH4/c1-7-18-9-4-8(2-3-12(9)27-7)6-17-13(23)10-5-11(14(24)25)22-15(19-10)20-16(26)21-22;1-7(11)8-3-5-9(6-4-8)10(12)13-2;/h2-5H,6H2,1H3,(H,17,23)(H,21,26)(H,24,25);3-7H,11H2,1-2H3;1H4/t;7-;/m.1./s1. The van der Waals surface area contributed by atoms with Gasteiger partial charge in [0.15, 0.2) is 17.2 Å². The molecule has 3 heterocycles. The van der Waals surface area contributed by atoms with E-state index in [9.17, 15) is 24.3 Å². The van der Waals surface area contributed by atoms with Gasteiger partial charge in [-0.3, -0.25) is 4.79 Å². The van der Waals surface area contributed by atoms with E-state index in [2.05, 4.69) is 30.1 Å². The minimum atomic E-state index is -1.34. The predicted molar refractivity (Wildman–Crippen MR) is 148 cm³/mol. The summed E-state index contributed by atoms with van der Waals surface area (Å²) in [5, 5.41) is 14.1. The van der Waals surface area contributed by atoms with Crippen molar-refractivity contribution in [2.75, 3.05) is 7.11 Å². The number of rotatable bonds is 6. The summed E-state index contributed by atoms with van der Waals surface area (Å²) >= 11 is 0. The quantitative estimate of drug-likeness (QED) is 0.221. The number of benzene rings is 2. The van der Waals surface area contributed by atoms with Gasteiger partial charge < -0.3 is 25.3 Å². The number of aromatic amines is 1. The molecule has 0 fully saturated rings. The van der Waals surface area contributed by atoms with Crippen LogP contribution in [0.4, 0.5) is 0 Å². The minimum Gasteiger partial charge on any atom is -0.477 e. The fraction of sp³-hybridized carbons (Fsp3) is 0.222. The minimum absolute atomic E-state index is 0. The lowest BCUT2D eigenvalue weighted by atomic mass is 10.1. The Hall–Kier alpha value is -5.37. The molecule has 214 valence electrons. The Morgan fingerprint density at radius 1 is 1.12 bits per heavy atom. The maximum atomic E-state index is 12.4. The number of nitrogens with two attached hydrogens (primary N) is 1. The smallest absolute Gasteiger partial charge is 0.363 e. The Bertz CT molecular complexity index is 1770. The first kappa shape index (κ1) is 30.2. The lowest BCUT2D eigenvalue weighted by Crippen LogP contribution is -2.25. The largest absolute Gasteiger partial charge is 0.477 e. The number of carbonyl (C=O) groups excluding carboxylic acids is 2. The number of esters is 1. The van der Waals surface area contributed by atoms with Crippen molar-refractivity contribution >= 4 is 34.7 Å². The zero-order chi connectivity index (χ0) is 29.0. The Morgan fingerprint density at radius 3 is 2.46 bits per heavy atom. The number of H-pyrrole nitrogens is 1. The van der Waals surface area contributed by atoms with E-state index in [1.54, 1.807) is 37.3 Å². The third kappa shape index (κ3) is 6.99. The Morgan fingerprint density at radius 2 is 1.83 bits per heavy atom. The second-order valence-electron chi connectivity index (χ2n) is 8.62. The van der Waals surface area contributed by atoms with Crippen molar-refractivity contribution in [1.82, 2.24) is 29.9 Å². The van der Waals surface area contributed by atoms with Crippen LogP contribution in [-0.4, -0.2) is 54.6 Å². The molecule has 0 spiro atoms. The summed E-state index contributed by atoms with van der Waals surface area (Å²) in [6, 6.07) is 13.4. The maximum absolute atomic E-state index is 12.4. The molecule has 0 radical (unpaired) electrons. The van der Waals surface area contributed by atoms with Crippen molar-refractivity contribution in [1.29, 1.82) is 0 Å². The van der Waals surface area contributed by atoms with Crippen molar-refractivity contribution < 1.29 is 28.6 Å². The highest BCUT2D eigenvalue weighted by Gasteiger charge is 2.18. The second kappa shape index (κ2) is 12.7. The summed E-state index contributed by atoms with van der Waals surface area (Å²) < 4.78 is 10.9. The summed E-state index contributed by atoms with van der Waals surface area (Å²) in [6.07, 6.45) is 0. The van der Waals surface area contributed by atoms with Gasteiger partial charge in [-0.05, 0) is 42.3 Å². The maximum Gasteiger partial charge on any atom is 0.363 e. The van der Waals surface area contributed by atoms with Gasteiger partial charge in [0.05, 0.1) is 12.7 Å². The number of fused-ring (bicyclic) bond motifs is 2. The number of hydrogen-bond acceptors (Lipinski definition) is 10. The molecule has 1 amide bonds. The number of oxazole rings is 1. The van der Waals surface area contributed by atoms with Crippen LogP contribution in [0, 0.1) is 6.92 Å². The molecule has 41 heavy (non-hydrogen) atoms. The topological polar surface area (TPSA) is 208 Å². The van der Waals surface area contributed by atoms with E-state index in [0.29, 0.717) is 22.6 Å². The summed E-state index contributed by atoms with van der Waals surface area (Å²) in [5.74, 6) is -1.93. The zero-order valence-electron chi connectivity index (χ0n) is 21.7. The number of hydrogen-bond donors (Lipinski definition) is 4. The number of aryl methyl sites for hydroxylation is 1. The highest BCUT2D eigenvalue weighted by atomic mass is 16.5. The van der Waals surface area contributed by atoms with Crippen LogP contribution in [0.5, 0.6) is 0 Å². The summed E-state index contributed by atoms with van der Waals surface area (Å²) in [4.78, 5) is 57.8. The Kier molecular flexibility index (Phi) is 9.31. The number of ether oxygens (including phenoxy) is 1. The van der Waals surface area contributed by atoms with Crippen molar-refractivity contribution in [3.05, 3.63) is 93.0 Å². The average molecular weight is 564 g/mol. The molecule has 5 aromatic rings. The molecule has 0 saturated heterocycles. The lowest BCUT2D eigenvalue weighted by molar-refractivity contribution is 0.0599. The van der Waals surface area contributed by atoms with E-state index in [4.69, 9.17) is 10.2 Å². The molecular weight excluding hydrogens is 534 g/mol. The van der Waals surface area contributed by atoms with E-state index < -0.39 is 17.6 Å². The SMILES string of the molecule is C.COC(=O)c1ccc([C@@H](C)N)cc1.Cc1nc2cc(CNC(=O)c3cc(C(=O)O)n4[nH]c(=O)nc4n3)ccc2o1. The zero-order valence-corrected chi connectivity index (χ0v) is 21.7. The molecule has 2 aromatic carbocycles. The molecule has 14 heteroatoms. The van der Waals surface area contributed by atoms with Crippen LogP contribution in [0.1, 0.15) is 68.7 Å². The highest BCUT2D eigenvalue weighted by molar-refractivity contribution is 5.95. The van der Waals surface area contributed by atoms with Crippen LogP contribution < -0.4 is 16.7 Å². The molecule has 0 unspecified atom stereocenters. The van der Waals surface area contributed by atoms with Crippen LogP contribution in [0.15, 0.2) is 57.7 Å². The lowest BCUT2D eigenvalue weighted by Gasteiger charge is -2.06. The first-order valence-corrected chi connectivity index (χ1v) is 11.9. The van der Waals surface area contributed by atoms with Gasteiger partial charge in [0, 0.05) is 25.6 Å². The molecule has 5 rings (SSSR count). The number of methoxy groups -OCH3 is 1. The van der Waals surface area contributed by atoms with E-state index in [1.807, 2.05) is 19.1 Å². The van der Waals surface area contributed by atoms with Gasteiger partial charge in [-0.1, -0.05) is 25.6 Å². The van der Waals surface area contributed by atoms with Crippen LogP contribution >= 0.6 is 0 Å². The van der Waals surface area contributed by atoms with Crippen molar-refractivity contribution in [2.45, 2.75) is 33.9 Å². The fourth-order valence-corrected chi connectivity index (χ4v) is 3.67. The number of carboxylic acid groups (broad SMARTS) is 1. The van der Waals surface area contributed by atoms with E-state index in [1.165, 1.54) is 7.11 Å². The van der Waals surface area contributed by atoms with Crippen LogP contribution in [-0.2, 0) is 11.3 Å². The van der Waals surface area contributed by atoms with Crippen LogP contribution in [0.2, 0.25) is 0 Å². The third-order valence-corrected chi connectivity index (χ3v) is 5.67. The van der Waals surface area contributed by atoms with E-state index >= 15 is 0 Å². The highest BCUT2D eigenvalue weighted by Crippen LogP contribution is 2.17. The van der Waals surface area contributed by atoms with Gasteiger partial charge in [-0.25, -0.2) is 34.0 Å². The summed E-state index contributed by atoms with van der Waals surface area (Å²) in [7, 11) is 1.36. The predicted octanol–water partition coefficient (Wildman–Crippen LogP) is 2.62. The number of amides is 1. The van der Waals surface area contributed by atoms with Gasteiger partial charge in [0.25, 0.3) is 11.7 Å². The molecule has 3 aromatic heterocycles. The summed E-state index contributed by atoms with van der Waals surface area (Å²) in [5.41, 5.74) is 8.03. The van der Waals surface area contributed by atoms with Crippen molar-refractivity contribution in [2.24, 2.45) is 5.73 Å².